The van der Waals surface area contributed by atoms with E-state index in [4.69, 9.17) is 11.0 Å². The fraction of sp³-hybridized carbons (Fsp3) is 0.250. The van der Waals surface area contributed by atoms with Gasteiger partial charge in [0.05, 0.1) is 12.5 Å². The van der Waals surface area contributed by atoms with Crippen molar-refractivity contribution in [3.63, 3.8) is 0 Å². The van der Waals surface area contributed by atoms with Gasteiger partial charge in [-0.25, -0.2) is 4.39 Å². The average Bonchev–Trinajstić information content (AvgIpc) is 2.22. The van der Waals surface area contributed by atoms with Crippen molar-refractivity contribution >= 4 is 6.08 Å². The highest BCUT2D eigenvalue weighted by molar-refractivity contribution is 5.54. The van der Waals surface area contributed by atoms with Crippen LogP contribution in [0, 0.1) is 17.1 Å². The maximum atomic E-state index is 13.0. The molecule has 0 saturated heterocycles. The van der Waals surface area contributed by atoms with Crippen molar-refractivity contribution in [3.05, 3.63) is 41.2 Å². The molecule has 0 aliphatic heterocycles. The molecule has 15 heavy (non-hydrogen) atoms. The molecule has 2 N–H and O–H groups in total. The molecule has 0 amide bonds. The summed E-state index contributed by atoms with van der Waals surface area (Å²) in [5.41, 5.74) is 6.94. The van der Waals surface area contributed by atoms with Crippen LogP contribution in [0.15, 0.2) is 24.3 Å². The molecular formula is C12H13FN2. The normalized spacial score (nSPS) is 10.5. The third-order valence-electron chi connectivity index (χ3n) is 2.01. The Morgan fingerprint density at radius 3 is 2.93 bits per heavy atom. The van der Waals surface area contributed by atoms with Crippen LogP contribution in [0.1, 0.15) is 17.5 Å². The third-order valence-corrected chi connectivity index (χ3v) is 2.01. The zero-order valence-electron chi connectivity index (χ0n) is 8.41. The van der Waals surface area contributed by atoms with Crippen molar-refractivity contribution < 1.29 is 4.39 Å². The molecule has 0 radical (unpaired) electrons. The number of hydrogen-bond donors (Lipinski definition) is 1. The van der Waals surface area contributed by atoms with Gasteiger partial charge in [-0.2, -0.15) is 5.26 Å². The first-order chi connectivity index (χ1) is 7.27. The molecule has 1 aromatic rings. The van der Waals surface area contributed by atoms with Gasteiger partial charge in [-0.3, -0.25) is 0 Å². The summed E-state index contributed by atoms with van der Waals surface area (Å²) in [6.07, 6.45) is 4.74. The van der Waals surface area contributed by atoms with Gasteiger partial charge in [-0.15, -0.1) is 0 Å². The molecule has 0 heterocycles. The van der Waals surface area contributed by atoms with Gasteiger partial charge >= 0.3 is 0 Å². The van der Waals surface area contributed by atoms with Gasteiger partial charge in [-0.05, 0) is 36.2 Å². The Kier molecular flexibility index (Phi) is 4.52. The van der Waals surface area contributed by atoms with Crippen LogP contribution in [0.3, 0.4) is 0 Å². The highest BCUT2D eigenvalue weighted by Gasteiger charge is 2.00. The maximum absolute atomic E-state index is 13.0. The lowest BCUT2D eigenvalue weighted by Gasteiger charge is -2.01. The van der Waals surface area contributed by atoms with Gasteiger partial charge in [0.15, 0.2) is 0 Å². The van der Waals surface area contributed by atoms with Crippen molar-refractivity contribution in [1.82, 2.24) is 0 Å². The molecule has 2 nitrogen and oxygen atoms in total. The SMILES string of the molecule is N#CCc1ccc(F)cc1C=CCCN. The van der Waals surface area contributed by atoms with E-state index in [1.165, 1.54) is 12.1 Å². The van der Waals surface area contributed by atoms with Crippen molar-refractivity contribution in [2.75, 3.05) is 6.54 Å². The van der Waals surface area contributed by atoms with Crippen molar-refractivity contribution in [3.8, 4) is 6.07 Å². The molecule has 3 heteroatoms. The Labute approximate surface area is 88.8 Å². The lowest BCUT2D eigenvalue weighted by Crippen LogP contribution is -1.95. The minimum Gasteiger partial charge on any atom is -0.330 e. The standard InChI is InChI=1S/C12H13FN2/c13-12-5-4-10(6-8-15)11(9-12)3-1-2-7-14/h1,3-5,9H,2,6-7,14H2. The second-order valence-corrected chi connectivity index (χ2v) is 3.16. The number of nitriles is 1. The van der Waals surface area contributed by atoms with Gasteiger partial charge in [0.1, 0.15) is 5.82 Å². The zero-order chi connectivity index (χ0) is 11.1. The molecule has 1 rings (SSSR count). The average molecular weight is 204 g/mol. The molecule has 0 spiro atoms. The second kappa shape index (κ2) is 5.94. The Hall–Kier alpha value is -1.66. The minimum atomic E-state index is -0.288. The predicted molar refractivity (Wildman–Crippen MR) is 58.4 cm³/mol. The van der Waals surface area contributed by atoms with Crippen molar-refractivity contribution in [1.29, 1.82) is 5.26 Å². The van der Waals surface area contributed by atoms with Crippen LogP contribution in [-0.2, 0) is 6.42 Å². The largest absolute Gasteiger partial charge is 0.330 e. The first-order valence-corrected chi connectivity index (χ1v) is 4.80. The Bertz CT molecular complexity index is 391. The van der Waals surface area contributed by atoms with E-state index in [9.17, 15) is 4.39 Å². The topological polar surface area (TPSA) is 49.8 Å². The van der Waals surface area contributed by atoms with E-state index in [0.717, 1.165) is 17.5 Å². The number of nitrogens with two attached hydrogens (primary N) is 1. The fourth-order valence-electron chi connectivity index (χ4n) is 1.27. The monoisotopic (exact) mass is 204 g/mol. The Morgan fingerprint density at radius 2 is 2.27 bits per heavy atom. The minimum absolute atomic E-state index is 0.288. The van der Waals surface area contributed by atoms with Gasteiger partial charge < -0.3 is 5.73 Å². The molecule has 0 saturated carbocycles. The number of benzene rings is 1. The summed E-state index contributed by atoms with van der Waals surface area (Å²) in [6, 6.07) is 6.49. The Balaban J connectivity index is 2.92. The van der Waals surface area contributed by atoms with Crippen LogP contribution in [0.2, 0.25) is 0 Å². The van der Waals surface area contributed by atoms with Crippen molar-refractivity contribution in [2.24, 2.45) is 5.73 Å². The highest BCUT2D eigenvalue weighted by Crippen LogP contribution is 2.14. The third kappa shape index (κ3) is 3.53. The van der Waals surface area contributed by atoms with Gasteiger partial charge in [0, 0.05) is 0 Å². The quantitative estimate of drug-likeness (QED) is 0.817. The molecule has 1 aromatic carbocycles. The van der Waals surface area contributed by atoms with Crippen LogP contribution in [0.25, 0.3) is 6.08 Å². The first-order valence-electron chi connectivity index (χ1n) is 4.80. The molecular weight excluding hydrogens is 191 g/mol. The lowest BCUT2D eigenvalue weighted by atomic mass is 10.0. The van der Waals surface area contributed by atoms with Crippen LogP contribution < -0.4 is 5.73 Å². The molecule has 0 aliphatic carbocycles. The van der Waals surface area contributed by atoms with E-state index in [1.54, 1.807) is 6.07 Å². The molecule has 0 bridgehead atoms. The summed E-state index contributed by atoms with van der Waals surface area (Å²) >= 11 is 0. The van der Waals surface area contributed by atoms with E-state index in [-0.39, 0.29) is 5.82 Å². The summed E-state index contributed by atoms with van der Waals surface area (Å²) in [5, 5.41) is 8.60. The lowest BCUT2D eigenvalue weighted by molar-refractivity contribution is 0.627. The second-order valence-electron chi connectivity index (χ2n) is 3.16. The number of rotatable bonds is 4. The zero-order valence-corrected chi connectivity index (χ0v) is 8.41. The number of hydrogen-bond acceptors (Lipinski definition) is 2. The summed E-state index contributed by atoms with van der Waals surface area (Å²) in [6.45, 7) is 0.569. The maximum Gasteiger partial charge on any atom is 0.123 e. The van der Waals surface area contributed by atoms with Crippen LogP contribution in [0.4, 0.5) is 4.39 Å². The molecule has 0 fully saturated rings. The molecule has 0 aliphatic rings. The van der Waals surface area contributed by atoms with E-state index < -0.39 is 0 Å². The van der Waals surface area contributed by atoms with E-state index in [0.29, 0.717) is 13.0 Å². The van der Waals surface area contributed by atoms with Crippen molar-refractivity contribution in [2.45, 2.75) is 12.8 Å². The van der Waals surface area contributed by atoms with Gasteiger partial charge in [-0.1, -0.05) is 18.2 Å². The number of nitrogens with zero attached hydrogens (tertiary/aromatic N) is 1. The summed E-state index contributed by atoms with van der Waals surface area (Å²) < 4.78 is 13.0. The molecule has 78 valence electrons. The molecule has 0 atom stereocenters. The summed E-state index contributed by atoms with van der Waals surface area (Å²) in [4.78, 5) is 0. The van der Waals surface area contributed by atoms with Gasteiger partial charge in [0.25, 0.3) is 0 Å². The number of halogens is 1. The fourth-order valence-corrected chi connectivity index (χ4v) is 1.27. The summed E-state index contributed by atoms with van der Waals surface area (Å²) in [5.74, 6) is -0.288. The molecule has 0 unspecified atom stereocenters. The van der Waals surface area contributed by atoms with E-state index in [2.05, 4.69) is 6.07 Å². The van der Waals surface area contributed by atoms with E-state index >= 15 is 0 Å². The van der Waals surface area contributed by atoms with E-state index in [1.807, 2.05) is 12.2 Å². The Morgan fingerprint density at radius 1 is 1.47 bits per heavy atom. The van der Waals surface area contributed by atoms with Crippen LogP contribution in [-0.4, -0.2) is 6.54 Å². The van der Waals surface area contributed by atoms with Gasteiger partial charge in [0.2, 0.25) is 0 Å². The molecule has 0 aromatic heterocycles. The smallest absolute Gasteiger partial charge is 0.123 e. The summed E-state index contributed by atoms with van der Waals surface area (Å²) in [7, 11) is 0. The van der Waals surface area contributed by atoms with Crippen LogP contribution >= 0.6 is 0 Å². The van der Waals surface area contributed by atoms with Crippen LogP contribution in [0.5, 0.6) is 0 Å². The highest BCUT2D eigenvalue weighted by atomic mass is 19.1. The first kappa shape index (κ1) is 11.4. The predicted octanol–water partition coefficient (Wildman–Crippen LogP) is 2.25.